The van der Waals surface area contributed by atoms with Crippen LogP contribution in [0.2, 0.25) is 0 Å². The Kier molecular flexibility index (Phi) is 6.06. The Bertz CT molecular complexity index is 486. The summed E-state index contributed by atoms with van der Waals surface area (Å²) >= 11 is 0. The minimum absolute atomic E-state index is 0.362. The van der Waals surface area contributed by atoms with E-state index in [9.17, 15) is 5.11 Å². The molecule has 4 heteroatoms. The fraction of sp³-hybridized carbons (Fsp3) is 0.684. The van der Waals surface area contributed by atoms with Gasteiger partial charge in [-0.25, -0.2) is 0 Å². The lowest BCUT2D eigenvalue weighted by atomic mass is 9.87. The first-order valence-corrected chi connectivity index (χ1v) is 8.97. The van der Waals surface area contributed by atoms with Crippen LogP contribution in [0.25, 0.3) is 0 Å². The molecule has 1 aliphatic carbocycles. The molecule has 3 rings (SSSR count). The van der Waals surface area contributed by atoms with E-state index in [2.05, 4.69) is 34.5 Å². The first-order chi connectivity index (χ1) is 11.2. The van der Waals surface area contributed by atoms with Gasteiger partial charge in [0.1, 0.15) is 0 Å². The van der Waals surface area contributed by atoms with Gasteiger partial charge in [0.2, 0.25) is 0 Å². The van der Waals surface area contributed by atoms with Crippen molar-refractivity contribution in [3.8, 4) is 0 Å². The van der Waals surface area contributed by atoms with Crippen molar-refractivity contribution in [3.63, 3.8) is 0 Å². The van der Waals surface area contributed by atoms with Crippen molar-refractivity contribution in [1.82, 2.24) is 10.2 Å². The van der Waals surface area contributed by atoms with E-state index in [-0.39, 0.29) is 6.10 Å². The summed E-state index contributed by atoms with van der Waals surface area (Å²) in [5.41, 5.74) is 3.06. The average molecular weight is 318 g/mol. The number of aliphatic hydroxyl groups excluding tert-OH is 1. The summed E-state index contributed by atoms with van der Waals surface area (Å²) in [5, 5.41) is 13.7. The molecule has 1 heterocycles. The third kappa shape index (κ3) is 4.77. The molecule has 0 saturated carbocycles. The largest absolute Gasteiger partial charge is 0.389 e. The van der Waals surface area contributed by atoms with E-state index in [0.29, 0.717) is 18.7 Å². The molecule has 1 fully saturated rings. The van der Waals surface area contributed by atoms with Gasteiger partial charge in [0, 0.05) is 25.7 Å². The van der Waals surface area contributed by atoms with Crippen LogP contribution >= 0.6 is 0 Å². The number of benzene rings is 1. The second-order valence-corrected chi connectivity index (χ2v) is 7.06. The summed E-state index contributed by atoms with van der Waals surface area (Å²) in [6.07, 6.45) is 5.62. The molecule has 2 N–H and O–H groups in total. The fourth-order valence-corrected chi connectivity index (χ4v) is 4.00. The minimum Gasteiger partial charge on any atom is -0.389 e. The predicted molar refractivity (Wildman–Crippen MR) is 92.7 cm³/mol. The van der Waals surface area contributed by atoms with Gasteiger partial charge in [-0.1, -0.05) is 24.3 Å². The molecule has 1 aliphatic heterocycles. The molecule has 0 bridgehead atoms. The SMILES string of the molecule is COCC(O)CN1CCC(NC2CCc3ccccc3C2)CC1. The van der Waals surface area contributed by atoms with Gasteiger partial charge in [-0.05, 0) is 56.3 Å². The van der Waals surface area contributed by atoms with Crippen LogP contribution in [0.4, 0.5) is 0 Å². The van der Waals surface area contributed by atoms with Crippen LogP contribution in [-0.2, 0) is 17.6 Å². The van der Waals surface area contributed by atoms with Crippen molar-refractivity contribution >= 4 is 0 Å². The molecule has 128 valence electrons. The standard InChI is InChI=1S/C19H30N2O2/c1-23-14-19(22)13-21-10-8-17(9-11-21)20-18-7-6-15-4-2-3-5-16(15)12-18/h2-5,17-20,22H,6-14H2,1H3. The lowest BCUT2D eigenvalue weighted by molar-refractivity contribution is 0.0306. The second-order valence-electron chi connectivity index (χ2n) is 7.06. The maximum absolute atomic E-state index is 9.84. The summed E-state index contributed by atoms with van der Waals surface area (Å²) in [4.78, 5) is 2.36. The Hall–Kier alpha value is -0.940. The number of methoxy groups -OCH3 is 1. The van der Waals surface area contributed by atoms with Crippen molar-refractivity contribution in [1.29, 1.82) is 0 Å². The normalized spacial score (nSPS) is 24.3. The zero-order valence-corrected chi connectivity index (χ0v) is 14.2. The molecule has 0 radical (unpaired) electrons. The monoisotopic (exact) mass is 318 g/mol. The van der Waals surface area contributed by atoms with Crippen LogP contribution < -0.4 is 5.32 Å². The molecule has 4 nitrogen and oxygen atoms in total. The van der Waals surface area contributed by atoms with E-state index in [1.165, 1.54) is 43.2 Å². The van der Waals surface area contributed by atoms with Crippen LogP contribution in [0, 0.1) is 0 Å². The highest BCUT2D eigenvalue weighted by Crippen LogP contribution is 2.22. The molecule has 0 aromatic heterocycles. The van der Waals surface area contributed by atoms with Gasteiger partial charge < -0.3 is 20.1 Å². The number of fused-ring (bicyclic) bond motifs is 1. The maximum atomic E-state index is 9.84. The molecule has 0 spiro atoms. The van der Waals surface area contributed by atoms with Crippen molar-refractivity contribution in [2.75, 3.05) is 33.4 Å². The lowest BCUT2D eigenvalue weighted by Gasteiger charge is -2.36. The van der Waals surface area contributed by atoms with Gasteiger partial charge in [0.15, 0.2) is 0 Å². The number of ether oxygens (including phenoxy) is 1. The quantitative estimate of drug-likeness (QED) is 0.836. The van der Waals surface area contributed by atoms with E-state index in [4.69, 9.17) is 4.74 Å². The number of aliphatic hydroxyl groups is 1. The van der Waals surface area contributed by atoms with Gasteiger partial charge in [0.25, 0.3) is 0 Å². The number of rotatable bonds is 6. The first-order valence-electron chi connectivity index (χ1n) is 8.97. The third-order valence-electron chi connectivity index (χ3n) is 5.23. The minimum atomic E-state index is -0.362. The maximum Gasteiger partial charge on any atom is 0.0900 e. The summed E-state index contributed by atoms with van der Waals surface area (Å²) in [5.74, 6) is 0. The topological polar surface area (TPSA) is 44.7 Å². The Morgan fingerprint density at radius 1 is 1.17 bits per heavy atom. The van der Waals surface area contributed by atoms with Gasteiger partial charge in [-0.2, -0.15) is 0 Å². The number of nitrogens with zero attached hydrogens (tertiary/aromatic N) is 1. The summed E-state index contributed by atoms with van der Waals surface area (Å²) < 4.78 is 5.01. The summed E-state index contributed by atoms with van der Waals surface area (Å²) in [6.45, 7) is 3.31. The van der Waals surface area contributed by atoms with Crippen molar-refractivity contribution in [2.45, 2.75) is 50.3 Å². The van der Waals surface area contributed by atoms with Crippen LogP contribution in [0.3, 0.4) is 0 Å². The van der Waals surface area contributed by atoms with E-state index in [1.54, 1.807) is 7.11 Å². The highest BCUT2D eigenvalue weighted by atomic mass is 16.5. The number of nitrogens with one attached hydrogen (secondary N) is 1. The van der Waals surface area contributed by atoms with Gasteiger partial charge in [-0.3, -0.25) is 0 Å². The number of hydrogen-bond acceptors (Lipinski definition) is 4. The number of piperidine rings is 1. The highest BCUT2D eigenvalue weighted by molar-refractivity contribution is 5.30. The summed E-state index contributed by atoms with van der Waals surface area (Å²) in [7, 11) is 1.64. The van der Waals surface area contributed by atoms with Crippen LogP contribution in [-0.4, -0.2) is 61.5 Å². The molecule has 2 unspecified atom stereocenters. The van der Waals surface area contributed by atoms with Crippen molar-refractivity contribution in [3.05, 3.63) is 35.4 Å². The van der Waals surface area contributed by atoms with Gasteiger partial charge in [0.05, 0.1) is 12.7 Å². The third-order valence-corrected chi connectivity index (χ3v) is 5.23. The van der Waals surface area contributed by atoms with E-state index in [1.807, 2.05) is 0 Å². The number of hydrogen-bond donors (Lipinski definition) is 2. The molecule has 2 aliphatic rings. The molecule has 1 aromatic rings. The van der Waals surface area contributed by atoms with Gasteiger partial charge >= 0.3 is 0 Å². The van der Waals surface area contributed by atoms with E-state index >= 15 is 0 Å². The Morgan fingerprint density at radius 3 is 2.65 bits per heavy atom. The van der Waals surface area contributed by atoms with Gasteiger partial charge in [-0.15, -0.1) is 0 Å². The first kappa shape index (κ1) is 16.9. The molecule has 1 aromatic carbocycles. The molecular weight excluding hydrogens is 288 g/mol. The molecule has 23 heavy (non-hydrogen) atoms. The zero-order valence-electron chi connectivity index (χ0n) is 14.2. The fourth-order valence-electron chi connectivity index (χ4n) is 4.00. The second kappa shape index (κ2) is 8.25. The van der Waals surface area contributed by atoms with Crippen molar-refractivity contribution in [2.24, 2.45) is 0 Å². The number of β-amino-alcohol motifs (C(OH)–C–C–N with tert-alkyl or cyclic N) is 1. The Morgan fingerprint density at radius 2 is 1.91 bits per heavy atom. The lowest BCUT2D eigenvalue weighted by Crippen LogP contribution is -2.49. The molecular formula is C19H30N2O2. The molecule has 0 amide bonds. The van der Waals surface area contributed by atoms with Crippen LogP contribution in [0.15, 0.2) is 24.3 Å². The molecule has 1 saturated heterocycles. The Balaban J connectivity index is 1.41. The smallest absolute Gasteiger partial charge is 0.0900 e. The highest BCUT2D eigenvalue weighted by Gasteiger charge is 2.25. The predicted octanol–water partition coefficient (Wildman–Crippen LogP) is 1.61. The average Bonchev–Trinajstić information content (AvgIpc) is 2.57. The van der Waals surface area contributed by atoms with Crippen molar-refractivity contribution < 1.29 is 9.84 Å². The Labute approximate surface area is 139 Å². The zero-order chi connectivity index (χ0) is 16.1. The van der Waals surface area contributed by atoms with E-state index < -0.39 is 0 Å². The summed E-state index contributed by atoms with van der Waals surface area (Å²) in [6, 6.07) is 10.1. The van der Waals surface area contributed by atoms with Crippen LogP contribution in [0.1, 0.15) is 30.4 Å². The van der Waals surface area contributed by atoms with Crippen LogP contribution in [0.5, 0.6) is 0 Å². The number of likely N-dealkylation sites (tertiary alicyclic amines) is 1. The van der Waals surface area contributed by atoms with E-state index in [0.717, 1.165) is 19.6 Å². The molecule has 2 atom stereocenters. The number of aryl methyl sites for hydroxylation is 1.